The fourth-order valence-corrected chi connectivity index (χ4v) is 1.87. The van der Waals surface area contributed by atoms with Crippen molar-refractivity contribution in [3.63, 3.8) is 0 Å². The molecule has 0 atom stereocenters. The second-order valence-electron chi connectivity index (χ2n) is 4.37. The number of benzene rings is 1. The van der Waals surface area contributed by atoms with Gasteiger partial charge in [-0.1, -0.05) is 6.07 Å². The number of rotatable bonds is 2. The smallest absolute Gasteiger partial charge is 0.220 e. The van der Waals surface area contributed by atoms with Gasteiger partial charge >= 0.3 is 0 Å². The third-order valence-corrected chi connectivity index (χ3v) is 2.48. The normalized spacial score (nSPS) is 9.89. The zero-order chi connectivity index (χ0) is 13.1. The van der Waals surface area contributed by atoms with Crippen LogP contribution in [-0.4, -0.2) is 4.98 Å². The molecule has 0 aliphatic heterocycles. The number of aromatic nitrogens is 1. The van der Waals surface area contributed by atoms with Crippen LogP contribution in [0.25, 0.3) is 0 Å². The SMILES string of the molecule is Cc1cc(C)cc(Oc2cc(C#N)cc(C)n2)c1. The molecular weight excluding hydrogens is 224 g/mol. The van der Waals surface area contributed by atoms with Crippen LogP contribution in [0.15, 0.2) is 30.3 Å². The summed E-state index contributed by atoms with van der Waals surface area (Å²) < 4.78 is 5.70. The number of hydrogen-bond donors (Lipinski definition) is 0. The molecule has 3 heteroatoms. The van der Waals surface area contributed by atoms with Crippen LogP contribution in [0.2, 0.25) is 0 Å². The van der Waals surface area contributed by atoms with Crippen molar-refractivity contribution in [2.24, 2.45) is 0 Å². The minimum absolute atomic E-state index is 0.455. The topological polar surface area (TPSA) is 45.9 Å². The van der Waals surface area contributed by atoms with E-state index in [0.29, 0.717) is 11.4 Å². The molecule has 0 fully saturated rings. The highest BCUT2D eigenvalue weighted by Gasteiger charge is 2.03. The van der Waals surface area contributed by atoms with Crippen molar-refractivity contribution < 1.29 is 4.74 Å². The van der Waals surface area contributed by atoms with Crippen molar-refractivity contribution in [1.29, 1.82) is 5.26 Å². The second kappa shape index (κ2) is 4.89. The molecule has 2 rings (SSSR count). The lowest BCUT2D eigenvalue weighted by Gasteiger charge is -2.08. The molecule has 0 radical (unpaired) electrons. The maximum absolute atomic E-state index is 8.91. The molecule has 1 heterocycles. The predicted molar refractivity (Wildman–Crippen MR) is 69.7 cm³/mol. The number of nitrogens with zero attached hydrogens (tertiary/aromatic N) is 2. The first-order valence-electron chi connectivity index (χ1n) is 5.72. The third-order valence-electron chi connectivity index (χ3n) is 2.48. The molecule has 3 nitrogen and oxygen atoms in total. The molecule has 0 bridgehead atoms. The summed E-state index contributed by atoms with van der Waals surface area (Å²) in [6.45, 7) is 5.88. The molecule has 0 amide bonds. The Bertz CT molecular complexity index is 607. The molecule has 0 saturated heterocycles. The van der Waals surface area contributed by atoms with E-state index >= 15 is 0 Å². The lowest BCUT2D eigenvalue weighted by Crippen LogP contribution is -1.92. The maximum Gasteiger partial charge on any atom is 0.220 e. The fourth-order valence-electron chi connectivity index (χ4n) is 1.87. The zero-order valence-corrected chi connectivity index (χ0v) is 10.7. The molecule has 0 spiro atoms. The van der Waals surface area contributed by atoms with Crippen molar-refractivity contribution in [2.75, 3.05) is 0 Å². The number of pyridine rings is 1. The first-order valence-corrected chi connectivity index (χ1v) is 5.72. The molecule has 18 heavy (non-hydrogen) atoms. The van der Waals surface area contributed by atoms with Crippen molar-refractivity contribution in [1.82, 2.24) is 4.98 Å². The van der Waals surface area contributed by atoms with E-state index in [2.05, 4.69) is 17.1 Å². The van der Waals surface area contributed by atoms with Crippen LogP contribution >= 0.6 is 0 Å². The minimum Gasteiger partial charge on any atom is -0.439 e. The summed E-state index contributed by atoms with van der Waals surface area (Å²) in [5.41, 5.74) is 3.60. The van der Waals surface area contributed by atoms with Gasteiger partial charge in [-0.15, -0.1) is 0 Å². The summed E-state index contributed by atoms with van der Waals surface area (Å²) in [4.78, 5) is 4.26. The van der Waals surface area contributed by atoms with Crippen LogP contribution in [0.4, 0.5) is 0 Å². The molecule has 0 N–H and O–H groups in total. The molecule has 0 aliphatic rings. The van der Waals surface area contributed by atoms with Crippen molar-refractivity contribution in [3.8, 4) is 17.7 Å². The Morgan fingerprint density at radius 2 is 1.67 bits per heavy atom. The molecule has 90 valence electrons. The van der Waals surface area contributed by atoms with E-state index in [4.69, 9.17) is 10.00 Å². The summed E-state index contributed by atoms with van der Waals surface area (Å²) in [6, 6.07) is 11.4. The van der Waals surface area contributed by atoms with E-state index in [9.17, 15) is 0 Å². The molecule has 0 aliphatic carbocycles. The first-order chi connectivity index (χ1) is 8.56. The van der Waals surface area contributed by atoms with Gasteiger partial charge in [-0.25, -0.2) is 4.98 Å². The number of hydrogen-bond acceptors (Lipinski definition) is 3. The Kier molecular flexibility index (Phi) is 3.29. The Labute approximate surface area is 107 Å². The molecule has 1 aromatic heterocycles. The van der Waals surface area contributed by atoms with Gasteiger partial charge in [0.25, 0.3) is 0 Å². The number of aryl methyl sites for hydroxylation is 3. The van der Waals surface area contributed by atoms with Crippen molar-refractivity contribution in [2.45, 2.75) is 20.8 Å². The number of nitriles is 1. The Hall–Kier alpha value is -2.34. The highest BCUT2D eigenvalue weighted by atomic mass is 16.5. The lowest BCUT2D eigenvalue weighted by atomic mass is 10.1. The second-order valence-corrected chi connectivity index (χ2v) is 4.37. The van der Waals surface area contributed by atoms with Crippen LogP contribution in [0.5, 0.6) is 11.6 Å². The minimum atomic E-state index is 0.455. The van der Waals surface area contributed by atoms with Gasteiger partial charge in [0.1, 0.15) is 5.75 Å². The molecule has 0 saturated carbocycles. The van der Waals surface area contributed by atoms with E-state index in [-0.39, 0.29) is 0 Å². The maximum atomic E-state index is 8.91. The lowest BCUT2D eigenvalue weighted by molar-refractivity contribution is 0.461. The first kappa shape index (κ1) is 12.1. The Morgan fingerprint density at radius 1 is 1.00 bits per heavy atom. The van der Waals surface area contributed by atoms with Crippen LogP contribution in [0.3, 0.4) is 0 Å². The quantitative estimate of drug-likeness (QED) is 0.801. The third kappa shape index (κ3) is 2.86. The summed E-state index contributed by atoms with van der Waals surface area (Å²) in [5, 5.41) is 8.91. The molecule has 1 aromatic carbocycles. The molecule has 2 aromatic rings. The van der Waals surface area contributed by atoms with Crippen molar-refractivity contribution >= 4 is 0 Å². The summed E-state index contributed by atoms with van der Waals surface area (Å²) in [7, 11) is 0. The summed E-state index contributed by atoms with van der Waals surface area (Å²) in [6.07, 6.45) is 0. The summed E-state index contributed by atoms with van der Waals surface area (Å²) >= 11 is 0. The highest BCUT2D eigenvalue weighted by Crippen LogP contribution is 2.23. The number of ether oxygens (including phenoxy) is 1. The van der Waals surface area contributed by atoms with E-state index in [1.54, 1.807) is 12.1 Å². The van der Waals surface area contributed by atoms with Crippen LogP contribution in [0, 0.1) is 32.1 Å². The van der Waals surface area contributed by atoms with Crippen LogP contribution in [0.1, 0.15) is 22.4 Å². The van der Waals surface area contributed by atoms with Crippen molar-refractivity contribution in [3.05, 3.63) is 52.7 Å². The van der Waals surface area contributed by atoms with Gasteiger partial charge in [0.15, 0.2) is 0 Å². The standard InChI is InChI=1S/C15H14N2O/c1-10-4-11(2)6-14(5-10)18-15-8-13(9-16)7-12(3)17-15/h4-8H,1-3H3. The van der Waals surface area contributed by atoms with E-state index in [1.807, 2.05) is 32.9 Å². The van der Waals surface area contributed by atoms with Gasteiger partial charge in [-0.2, -0.15) is 5.26 Å². The molecule has 0 unspecified atom stereocenters. The van der Waals surface area contributed by atoms with Gasteiger partial charge in [0.05, 0.1) is 11.6 Å². The monoisotopic (exact) mass is 238 g/mol. The average molecular weight is 238 g/mol. The van der Waals surface area contributed by atoms with Gasteiger partial charge in [0.2, 0.25) is 5.88 Å². The largest absolute Gasteiger partial charge is 0.439 e. The predicted octanol–water partition coefficient (Wildman–Crippen LogP) is 3.67. The van der Waals surface area contributed by atoms with Gasteiger partial charge in [0, 0.05) is 11.8 Å². The van der Waals surface area contributed by atoms with Gasteiger partial charge in [-0.05, 0) is 50.1 Å². The average Bonchev–Trinajstić information content (AvgIpc) is 2.26. The van der Waals surface area contributed by atoms with Crippen LogP contribution in [-0.2, 0) is 0 Å². The van der Waals surface area contributed by atoms with Gasteiger partial charge in [-0.3, -0.25) is 0 Å². The van der Waals surface area contributed by atoms with Crippen LogP contribution < -0.4 is 4.74 Å². The fraction of sp³-hybridized carbons (Fsp3) is 0.200. The molecular formula is C15H14N2O. The zero-order valence-electron chi connectivity index (χ0n) is 10.7. The Balaban J connectivity index is 2.34. The van der Waals surface area contributed by atoms with E-state index < -0.39 is 0 Å². The van der Waals surface area contributed by atoms with E-state index in [1.165, 1.54) is 0 Å². The Morgan fingerprint density at radius 3 is 2.28 bits per heavy atom. The summed E-state index contributed by atoms with van der Waals surface area (Å²) in [5.74, 6) is 1.20. The van der Waals surface area contributed by atoms with E-state index in [0.717, 1.165) is 22.6 Å². The highest BCUT2D eigenvalue weighted by molar-refractivity contribution is 5.38. The van der Waals surface area contributed by atoms with Gasteiger partial charge < -0.3 is 4.74 Å².